The van der Waals surface area contributed by atoms with E-state index < -0.39 is 12.1 Å². The third-order valence-corrected chi connectivity index (χ3v) is 3.55. The summed E-state index contributed by atoms with van der Waals surface area (Å²) in [7, 11) is 2.02. The van der Waals surface area contributed by atoms with Gasteiger partial charge in [-0.2, -0.15) is 0 Å². The molecule has 0 radical (unpaired) electrons. The summed E-state index contributed by atoms with van der Waals surface area (Å²) in [5, 5.41) is 18.3. The number of nitrogens with zero attached hydrogens (tertiary/aromatic N) is 1. The Hall–Kier alpha value is -0.610. The van der Waals surface area contributed by atoms with Crippen LogP contribution >= 0.6 is 0 Å². The molecule has 0 aliphatic heterocycles. The SMILES string of the molecule is CC(C)N(C)CCC1(C(O)C(=O)O)CC1. The largest absolute Gasteiger partial charge is 0.479 e. The van der Waals surface area contributed by atoms with Crippen molar-refractivity contribution in [2.75, 3.05) is 13.6 Å². The van der Waals surface area contributed by atoms with E-state index >= 15 is 0 Å². The number of aliphatic hydroxyl groups is 1. The molecule has 1 rings (SSSR count). The fourth-order valence-electron chi connectivity index (χ4n) is 1.74. The summed E-state index contributed by atoms with van der Waals surface area (Å²) in [5.74, 6) is -1.08. The molecule has 0 spiro atoms. The van der Waals surface area contributed by atoms with Gasteiger partial charge in [0.2, 0.25) is 0 Å². The summed E-state index contributed by atoms with van der Waals surface area (Å²) in [5.41, 5.74) is -0.338. The zero-order valence-corrected chi connectivity index (χ0v) is 9.73. The van der Waals surface area contributed by atoms with Crippen LogP contribution in [-0.2, 0) is 4.79 Å². The van der Waals surface area contributed by atoms with E-state index in [0.717, 1.165) is 25.8 Å². The highest BCUT2D eigenvalue weighted by Crippen LogP contribution is 2.51. The lowest BCUT2D eigenvalue weighted by atomic mass is 9.94. The predicted molar refractivity (Wildman–Crippen MR) is 57.7 cm³/mol. The van der Waals surface area contributed by atoms with E-state index in [0.29, 0.717) is 6.04 Å². The minimum Gasteiger partial charge on any atom is -0.479 e. The van der Waals surface area contributed by atoms with E-state index in [1.165, 1.54) is 0 Å². The Labute approximate surface area is 90.9 Å². The minimum absolute atomic E-state index is 0.338. The highest BCUT2D eigenvalue weighted by molar-refractivity contribution is 5.73. The molecule has 0 aromatic carbocycles. The molecule has 1 aliphatic carbocycles. The van der Waals surface area contributed by atoms with Crippen LogP contribution in [-0.4, -0.2) is 46.8 Å². The quantitative estimate of drug-likeness (QED) is 0.692. The zero-order chi connectivity index (χ0) is 11.6. The zero-order valence-electron chi connectivity index (χ0n) is 9.73. The first kappa shape index (κ1) is 12.5. The minimum atomic E-state index is -1.18. The Morgan fingerprint density at radius 2 is 2.00 bits per heavy atom. The lowest BCUT2D eigenvalue weighted by Gasteiger charge is -2.25. The molecule has 0 aromatic rings. The molecule has 0 saturated heterocycles. The molecular weight excluding hydrogens is 194 g/mol. The first-order valence-corrected chi connectivity index (χ1v) is 5.50. The van der Waals surface area contributed by atoms with Crippen LogP contribution < -0.4 is 0 Å². The van der Waals surface area contributed by atoms with Crippen LogP contribution in [0.25, 0.3) is 0 Å². The van der Waals surface area contributed by atoms with Gasteiger partial charge >= 0.3 is 5.97 Å². The summed E-state index contributed by atoms with van der Waals surface area (Å²) in [4.78, 5) is 12.9. The summed E-state index contributed by atoms with van der Waals surface area (Å²) in [6.07, 6.45) is 1.27. The number of hydrogen-bond donors (Lipinski definition) is 2. The van der Waals surface area contributed by atoms with Gasteiger partial charge in [0.05, 0.1) is 0 Å². The van der Waals surface area contributed by atoms with Crippen LogP contribution in [0.2, 0.25) is 0 Å². The number of aliphatic hydroxyl groups excluding tert-OH is 1. The van der Waals surface area contributed by atoms with Crippen molar-refractivity contribution < 1.29 is 15.0 Å². The van der Waals surface area contributed by atoms with Crippen molar-refractivity contribution in [2.24, 2.45) is 5.41 Å². The van der Waals surface area contributed by atoms with Crippen LogP contribution in [0.3, 0.4) is 0 Å². The Kier molecular flexibility index (Phi) is 3.73. The normalized spacial score (nSPS) is 20.7. The highest BCUT2D eigenvalue weighted by Gasteiger charge is 2.51. The van der Waals surface area contributed by atoms with Crippen molar-refractivity contribution in [3.05, 3.63) is 0 Å². The third-order valence-electron chi connectivity index (χ3n) is 3.55. The van der Waals surface area contributed by atoms with Crippen molar-refractivity contribution in [1.29, 1.82) is 0 Å². The van der Waals surface area contributed by atoms with E-state index in [1.807, 2.05) is 7.05 Å². The molecule has 1 unspecified atom stereocenters. The van der Waals surface area contributed by atoms with Crippen LogP contribution in [0.15, 0.2) is 0 Å². The van der Waals surface area contributed by atoms with Crippen molar-refractivity contribution in [1.82, 2.24) is 4.90 Å². The van der Waals surface area contributed by atoms with Crippen molar-refractivity contribution in [2.45, 2.75) is 45.3 Å². The molecule has 88 valence electrons. The monoisotopic (exact) mass is 215 g/mol. The van der Waals surface area contributed by atoms with E-state index in [2.05, 4.69) is 18.7 Å². The first-order chi connectivity index (χ1) is 6.89. The summed E-state index contributed by atoms with van der Waals surface area (Å²) in [6.45, 7) is 5.06. The molecule has 1 saturated carbocycles. The highest BCUT2D eigenvalue weighted by atomic mass is 16.4. The van der Waals surface area contributed by atoms with Crippen LogP contribution in [0.1, 0.15) is 33.1 Å². The van der Waals surface area contributed by atoms with Gasteiger partial charge in [0.15, 0.2) is 6.10 Å². The molecule has 2 N–H and O–H groups in total. The topological polar surface area (TPSA) is 60.8 Å². The first-order valence-electron chi connectivity index (χ1n) is 5.50. The van der Waals surface area contributed by atoms with E-state index in [4.69, 9.17) is 5.11 Å². The molecule has 1 fully saturated rings. The van der Waals surface area contributed by atoms with Gasteiger partial charge in [-0.25, -0.2) is 4.79 Å². The Balaban J connectivity index is 2.41. The van der Waals surface area contributed by atoms with E-state index in [1.54, 1.807) is 0 Å². The van der Waals surface area contributed by atoms with Crippen LogP contribution in [0, 0.1) is 5.41 Å². The lowest BCUT2D eigenvalue weighted by Crippen LogP contribution is -2.35. The average Bonchev–Trinajstić information content (AvgIpc) is 2.93. The number of carbonyl (C=O) groups is 1. The lowest BCUT2D eigenvalue weighted by molar-refractivity contribution is -0.150. The molecule has 1 atom stereocenters. The summed E-state index contributed by atoms with van der Waals surface area (Å²) in [6, 6.07) is 0.461. The maximum absolute atomic E-state index is 10.7. The smallest absolute Gasteiger partial charge is 0.333 e. The Morgan fingerprint density at radius 3 is 2.33 bits per heavy atom. The second-order valence-electron chi connectivity index (χ2n) is 4.93. The number of rotatable bonds is 6. The fraction of sp³-hybridized carbons (Fsp3) is 0.909. The summed E-state index contributed by atoms with van der Waals surface area (Å²) >= 11 is 0. The van der Waals surface area contributed by atoms with Gasteiger partial charge < -0.3 is 15.1 Å². The van der Waals surface area contributed by atoms with Gasteiger partial charge in [0.1, 0.15) is 0 Å². The second-order valence-corrected chi connectivity index (χ2v) is 4.93. The molecule has 4 heteroatoms. The molecular formula is C11H21NO3. The number of aliphatic carboxylic acids is 1. The molecule has 0 amide bonds. The van der Waals surface area contributed by atoms with Gasteiger partial charge in [-0.1, -0.05) is 0 Å². The Morgan fingerprint density at radius 1 is 1.47 bits per heavy atom. The van der Waals surface area contributed by atoms with Gasteiger partial charge in [0, 0.05) is 11.5 Å². The average molecular weight is 215 g/mol. The maximum atomic E-state index is 10.7. The maximum Gasteiger partial charge on any atom is 0.333 e. The number of carboxylic acid groups (broad SMARTS) is 1. The van der Waals surface area contributed by atoms with E-state index in [9.17, 15) is 9.90 Å². The molecule has 1 aliphatic rings. The van der Waals surface area contributed by atoms with Gasteiger partial charge in [-0.3, -0.25) is 0 Å². The molecule has 0 bridgehead atoms. The molecule has 15 heavy (non-hydrogen) atoms. The Bertz CT molecular complexity index is 236. The van der Waals surface area contributed by atoms with Gasteiger partial charge in [-0.15, -0.1) is 0 Å². The summed E-state index contributed by atoms with van der Waals surface area (Å²) < 4.78 is 0. The molecule has 0 heterocycles. The van der Waals surface area contributed by atoms with E-state index in [-0.39, 0.29) is 5.41 Å². The van der Waals surface area contributed by atoms with Crippen molar-refractivity contribution >= 4 is 5.97 Å². The van der Waals surface area contributed by atoms with Gasteiger partial charge in [-0.05, 0) is 46.7 Å². The predicted octanol–water partition coefficient (Wildman–Crippen LogP) is 0.942. The number of hydrogen-bond acceptors (Lipinski definition) is 3. The third kappa shape index (κ3) is 2.92. The van der Waals surface area contributed by atoms with Crippen LogP contribution in [0.4, 0.5) is 0 Å². The molecule has 0 aromatic heterocycles. The number of carboxylic acids is 1. The van der Waals surface area contributed by atoms with Gasteiger partial charge in [0.25, 0.3) is 0 Å². The molecule has 4 nitrogen and oxygen atoms in total. The fourth-order valence-corrected chi connectivity index (χ4v) is 1.74. The standard InChI is InChI=1S/C11H21NO3/c1-8(2)12(3)7-6-11(4-5-11)9(13)10(14)15/h8-9,13H,4-7H2,1-3H3,(H,14,15). The van der Waals surface area contributed by atoms with Crippen LogP contribution in [0.5, 0.6) is 0 Å². The van der Waals surface area contributed by atoms with Crippen molar-refractivity contribution in [3.63, 3.8) is 0 Å². The van der Waals surface area contributed by atoms with Crippen molar-refractivity contribution in [3.8, 4) is 0 Å². The second kappa shape index (κ2) is 4.49.